The summed E-state index contributed by atoms with van der Waals surface area (Å²) < 4.78 is 0. The molecule has 41 heavy (non-hydrogen) atoms. The topological polar surface area (TPSA) is 93.7 Å². The molecule has 1 aliphatic heterocycles. The highest BCUT2D eigenvalue weighted by Gasteiger charge is 2.26. The number of halogens is 2. The first kappa shape index (κ1) is 32.4. The van der Waals surface area contributed by atoms with Crippen LogP contribution in [0.2, 0.25) is 5.02 Å². The molecule has 1 heterocycles. The molecule has 0 radical (unpaired) electrons. The van der Waals surface area contributed by atoms with Gasteiger partial charge in [0.25, 0.3) is 5.91 Å². The van der Waals surface area contributed by atoms with Crippen molar-refractivity contribution in [3.63, 3.8) is 0 Å². The molecular formula is C32H40Cl2N4O3. The first-order valence-corrected chi connectivity index (χ1v) is 14.5. The zero-order valence-electron chi connectivity index (χ0n) is 23.6. The van der Waals surface area contributed by atoms with Gasteiger partial charge in [-0.25, -0.2) is 0 Å². The van der Waals surface area contributed by atoms with Crippen molar-refractivity contribution in [3.05, 3.63) is 94.5 Å². The Morgan fingerprint density at radius 3 is 2.49 bits per heavy atom. The maximum Gasteiger partial charge on any atom is 0.251 e. The van der Waals surface area contributed by atoms with Gasteiger partial charge in [-0.05, 0) is 67.6 Å². The van der Waals surface area contributed by atoms with E-state index in [4.69, 9.17) is 11.6 Å². The van der Waals surface area contributed by atoms with Gasteiger partial charge in [0.15, 0.2) is 0 Å². The SMILES string of the molecule is CCNc1cc(C(=O)N[C@@H](Cc2ccccc2)[C@@H](O)CNC(CC)c2cccc(Cl)c2)cc(N2CCCC2=O)c1.Cl. The lowest BCUT2D eigenvalue weighted by molar-refractivity contribution is -0.117. The summed E-state index contributed by atoms with van der Waals surface area (Å²) >= 11 is 6.21. The van der Waals surface area contributed by atoms with Gasteiger partial charge in [0.05, 0.1) is 12.1 Å². The number of benzene rings is 3. The van der Waals surface area contributed by atoms with Gasteiger partial charge in [-0.3, -0.25) is 9.59 Å². The molecule has 220 valence electrons. The van der Waals surface area contributed by atoms with E-state index in [2.05, 4.69) is 22.9 Å². The number of rotatable bonds is 13. The van der Waals surface area contributed by atoms with Crippen molar-refractivity contribution in [3.8, 4) is 0 Å². The molecule has 1 saturated heterocycles. The molecule has 4 N–H and O–H groups in total. The van der Waals surface area contributed by atoms with Gasteiger partial charge < -0.3 is 26.0 Å². The number of hydrogen-bond donors (Lipinski definition) is 4. The van der Waals surface area contributed by atoms with E-state index >= 15 is 0 Å². The Balaban J connectivity index is 0.00000462. The minimum Gasteiger partial charge on any atom is -0.390 e. The first-order valence-electron chi connectivity index (χ1n) is 14.1. The molecule has 1 aliphatic rings. The number of nitrogens with zero attached hydrogens (tertiary/aromatic N) is 1. The number of aliphatic hydroxyl groups excluding tert-OH is 1. The Labute approximate surface area is 254 Å². The van der Waals surface area contributed by atoms with E-state index in [-0.39, 0.29) is 36.8 Å². The molecule has 1 fully saturated rings. The standard InChI is InChI=1S/C32H39ClN4O3.ClH/c1-3-28(23-12-8-13-25(33)17-23)35-21-30(38)29(16-22-10-6-5-7-11-22)36-32(40)24-18-26(34-4-2)20-27(19-24)37-15-9-14-31(37)39;/h5-8,10-13,17-20,28-30,34-35,38H,3-4,9,14-16,21H2,1-2H3,(H,36,40);1H/t28?,29-,30-;/m0./s1. The predicted molar refractivity (Wildman–Crippen MR) is 169 cm³/mol. The maximum atomic E-state index is 13.6. The highest BCUT2D eigenvalue weighted by molar-refractivity contribution is 6.30. The maximum absolute atomic E-state index is 13.6. The number of carbonyl (C=O) groups is 2. The van der Waals surface area contributed by atoms with Crippen molar-refractivity contribution in [2.75, 3.05) is 29.9 Å². The molecule has 2 amide bonds. The van der Waals surface area contributed by atoms with Crippen molar-refractivity contribution < 1.29 is 14.7 Å². The van der Waals surface area contributed by atoms with Crippen LogP contribution in [-0.2, 0) is 11.2 Å². The van der Waals surface area contributed by atoms with E-state index < -0.39 is 12.1 Å². The number of nitrogens with one attached hydrogen (secondary N) is 3. The number of hydrogen-bond acceptors (Lipinski definition) is 5. The highest BCUT2D eigenvalue weighted by Crippen LogP contribution is 2.27. The average molecular weight is 600 g/mol. The molecule has 7 nitrogen and oxygen atoms in total. The van der Waals surface area contributed by atoms with Crippen LogP contribution in [0.3, 0.4) is 0 Å². The highest BCUT2D eigenvalue weighted by atomic mass is 35.5. The van der Waals surface area contributed by atoms with E-state index in [1.165, 1.54) is 0 Å². The van der Waals surface area contributed by atoms with Crippen LogP contribution in [0.1, 0.15) is 60.6 Å². The molecule has 3 aromatic rings. The summed E-state index contributed by atoms with van der Waals surface area (Å²) in [6.45, 7) is 5.67. The fraction of sp³-hybridized carbons (Fsp3) is 0.375. The zero-order chi connectivity index (χ0) is 28.5. The van der Waals surface area contributed by atoms with Crippen LogP contribution in [0.25, 0.3) is 0 Å². The van der Waals surface area contributed by atoms with Crippen LogP contribution in [0, 0.1) is 0 Å². The van der Waals surface area contributed by atoms with Crippen molar-refractivity contribution in [2.45, 2.75) is 57.7 Å². The molecule has 0 bridgehead atoms. The average Bonchev–Trinajstić information content (AvgIpc) is 3.39. The lowest BCUT2D eigenvalue weighted by Gasteiger charge is -2.27. The van der Waals surface area contributed by atoms with Crippen molar-refractivity contribution in [1.82, 2.24) is 10.6 Å². The molecule has 0 aliphatic carbocycles. The van der Waals surface area contributed by atoms with Crippen LogP contribution < -0.4 is 20.9 Å². The predicted octanol–water partition coefficient (Wildman–Crippen LogP) is 5.76. The smallest absolute Gasteiger partial charge is 0.251 e. The van der Waals surface area contributed by atoms with E-state index in [1.807, 2.05) is 67.6 Å². The summed E-state index contributed by atoms with van der Waals surface area (Å²) in [6.07, 6.45) is 1.75. The molecule has 1 unspecified atom stereocenters. The Hall–Kier alpha value is -3.10. The third-order valence-electron chi connectivity index (χ3n) is 7.26. The summed E-state index contributed by atoms with van der Waals surface area (Å²) in [5.41, 5.74) is 3.99. The van der Waals surface area contributed by atoms with Gasteiger partial charge in [0, 0.05) is 54.1 Å². The number of aliphatic hydroxyl groups is 1. The third kappa shape index (κ3) is 8.94. The van der Waals surface area contributed by atoms with Crippen molar-refractivity contribution >= 4 is 47.2 Å². The number of amides is 2. The van der Waals surface area contributed by atoms with Gasteiger partial charge in [-0.15, -0.1) is 12.4 Å². The molecular weight excluding hydrogens is 559 g/mol. The number of carbonyl (C=O) groups excluding carboxylic acids is 2. The Bertz CT molecular complexity index is 1290. The van der Waals surface area contributed by atoms with Gasteiger partial charge >= 0.3 is 0 Å². The van der Waals surface area contributed by atoms with E-state index in [0.29, 0.717) is 42.2 Å². The van der Waals surface area contributed by atoms with Gasteiger partial charge in [-0.2, -0.15) is 0 Å². The lowest BCUT2D eigenvalue weighted by atomic mass is 9.99. The Morgan fingerprint density at radius 2 is 1.83 bits per heavy atom. The fourth-order valence-electron chi connectivity index (χ4n) is 5.15. The molecule has 3 atom stereocenters. The largest absolute Gasteiger partial charge is 0.390 e. The third-order valence-corrected chi connectivity index (χ3v) is 7.49. The lowest BCUT2D eigenvalue weighted by Crippen LogP contribution is -2.49. The van der Waals surface area contributed by atoms with Gasteiger partial charge in [-0.1, -0.05) is 61.0 Å². The van der Waals surface area contributed by atoms with E-state index in [0.717, 1.165) is 29.7 Å². The summed E-state index contributed by atoms with van der Waals surface area (Å²) in [4.78, 5) is 27.8. The van der Waals surface area contributed by atoms with Crippen molar-refractivity contribution in [1.29, 1.82) is 0 Å². The zero-order valence-corrected chi connectivity index (χ0v) is 25.2. The normalized spacial score (nSPS) is 15.1. The molecule has 9 heteroatoms. The Morgan fingerprint density at radius 1 is 1.05 bits per heavy atom. The first-order chi connectivity index (χ1) is 19.4. The van der Waals surface area contributed by atoms with E-state index in [9.17, 15) is 14.7 Å². The second-order valence-electron chi connectivity index (χ2n) is 10.2. The quantitative estimate of drug-likeness (QED) is 0.201. The minimum atomic E-state index is -0.853. The molecule has 4 rings (SSSR count). The van der Waals surface area contributed by atoms with Crippen LogP contribution >= 0.6 is 24.0 Å². The molecule has 0 aromatic heterocycles. The van der Waals surface area contributed by atoms with Gasteiger partial charge in [0.2, 0.25) is 5.91 Å². The Kier molecular flexibility index (Phi) is 12.5. The minimum absolute atomic E-state index is 0. The second kappa shape index (κ2) is 15.8. The molecule has 0 spiro atoms. The fourth-order valence-corrected chi connectivity index (χ4v) is 5.35. The summed E-state index contributed by atoms with van der Waals surface area (Å²) in [6, 6.07) is 22.5. The molecule has 3 aromatic carbocycles. The molecule has 0 saturated carbocycles. The summed E-state index contributed by atoms with van der Waals surface area (Å²) in [5, 5.41) is 21.8. The van der Waals surface area contributed by atoms with E-state index in [1.54, 1.807) is 17.0 Å². The van der Waals surface area contributed by atoms with Crippen LogP contribution in [0.15, 0.2) is 72.8 Å². The van der Waals surface area contributed by atoms with Crippen molar-refractivity contribution in [2.24, 2.45) is 0 Å². The summed E-state index contributed by atoms with van der Waals surface area (Å²) in [7, 11) is 0. The second-order valence-corrected chi connectivity index (χ2v) is 10.6. The monoisotopic (exact) mass is 598 g/mol. The summed E-state index contributed by atoms with van der Waals surface area (Å²) in [5.74, 6) is -0.233. The van der Waals surface area contributed by atoms with Crippen LogP contribution in [0.4, 0.5) is 11.4 Å². The van der Waals surface area contributed by atoms with Crippen LogP contribution in [0.5, 0.6) is 0 Å². The van der Waals surface area contributed by atoms with Gasteiger partial charge in [0.1, 0.15) is 0 Å². The van der Waals surface area contributed by atoms with Crippen LogP contribution in [-0.4, -0.2) is 48.7 Å². The number of anilines is 2.